The zero-order valence-corrected chi connectivity index (χ0v) is 12.8. The van der Waals surface area contributed by atoms with Crippen molar-refractivity contribution in [2.75, 3.05) is 5.73 Å². The molecule has 0 aliphatic rings. The van der Waals surface area contributed by atoms with Crippen LogP contribution in [0.15, 0.2) is 18.2 Å². The fraction of sp³-hybridized carbons (Fsp3) is 0.357. The van der Waals surface area contributed by atoms with Crippen LogP contribution in [0, 0.1) is 0 Å². The number of benzene rings is 1. The number of nitrogens with two attached hydrogens (primary N) is 1. The first-order valence-electron chi connectivity index (χ1n) is 6.23. The maximum absolute atomic E-state index is 6.29. The Morgan fingerprint density at radius 2 is 2.05 bits per heavy atom. The standard InChI is InChI=1S/C14H17Cl2N3/c1-4-8(2)13-12(14(17)19(3)18-13)10-6-5-9(15)7-11(10)16/h5-8H,4,17H2,1-3H3. The lowest BCUT2D eigenvalue weighted by molar-refractivity contribution is 0.668. The summed E-state index contributed by atoms with van der Waals surface area (Å²) in [5.41, 5.74) is 8.92. The molecule has 2 N–H and O–H groups in total. The van der Waals surface area contributed by atoms with E-state index in [1.807, 2.05) is 19.2 Å². The summed E-state index contributed by atoms with van der Waals surface area (Å²) in [6.07, 6.45) is 0.995. The van der Waals surface area contributed by atoms with Crippen molar-refractivity contribution in [2.45, 2.75) is 26.2 Å². The van der Waals surface area contributed by atoms with Gasteiger partial charge < -0.3 is 5.73 Å². The van der Waals surface area contributed by atoms with Crippen LogP contribution in [-0.2, 0) is 7.05 Å². The molecule has 2 rings (SSSR count). The van der Waals surface area contributed by atoms with Gasteiger partial charge in [0.1, 0.15) is 5.82 Å². The molecule has 0 saturated heterocycles. The number of aryl methyl sites for hydroxylation is 1. The van der Waals surface area contributed by atoms with E-state index < -0.39 is 0 Å². The van der Waals surface area contributed by atoms with E-state index in [-0.39, 0.29) is 0 Å². The lowest BCUT2D eigenvalue weighted by Gasteiger charge is -2.10. The Morgan fingerprint density at radius 3 is 2.63 bits per heavy atom. The van der Waals surface area contributed by atoms with E-state index in [1.165, 1.54) is 0 Å². The van der Waals surface area contributed by atoms with E-state index in [0.29, 0.717) is 21.8 Å². The Balaban J connectivity index is 2.67. The molecule has 0 amide bonds. The largest absolute Gasteiger partial charge is 0.383 e. The fourth-order valence-electron chi connectivity index (χ4n) is 2.06. The number of hydrogen-bond acceptors (Lipinski definition) is 2. The van der Waals surface area contributed by atoms with Crippen LogP contribution >= 0.6 is 23.2 Å². The van der Waals surface area contributed by atoms with Crippen LogP contribution in [0.3, 0.4) is 0 Å². The van der Waals surface area contributed by atoms with Gasteiger partial charge in [-0.15, -0.1) is 0 Å². The number of hydrogen-bond donors (Lipinski definition) is 1. The fourth-order valence-corrected chi connectivity index (χ4v) is 2.57. The molecule has 0 spiro atoms. The third-order valence-corrected chi connectivity index (χ3v) is 3.95. The molecule has 1 aromatic carbocycles. The van der Waals surface area contributed by atoms with Gasteiger partial charge in [0.05, 0.1) is 10.7 Å². The molecular weight excluding hydrogens is 281 g/mol. The van der Waals surface area contributed by atoms with Gasteiger partial charge in [-0.2, -0.15) is 5.10 Å². The summed E-state index contributed by atoms with van der Waals surface area (Å²) in [6.45, 7) is 4.26. The smallest absolute Gasteiger partial charge is 0.129 e. The van der Waals surface area contributed by atoms with Crippen molar-refractivity contribution in [1.82, 2.24) is 9.78 Å². The predicted molar refractivity (Wildman–Crippen MR) is 81.8 cm³/mol. The zero-order chi connectivity index (χ0) is 14.2. The molecule has 0 saturated carbocycles. The lowest BCUT2D eigenvalue weighted by atomic mass is 9.96. The number of nitrogen functional groups attached to an aromatic ring is 1. The van der Waals surface area contributed by atoms with Crippen LogP contribution in [0.2, 0.25) is 10.0 Å². The summed E-state index contributed by atoms with van der Waals surface area (Å²) < 4.78 is 1.70. The van der Waals surface area contributed by atoms with E-state index in [4.69, 9.17) is 28.9 Å². The first-order chi connectivity index (χ1) is 8.95. The zero-order valence-electron chi connectivity index (χ0n) is 11.2. The summed E-state index contributed by atoms with van der Waals surface area (Å²) in [5.74, 6) is 0.949. The molecule has 1 aromatic heterocycles. The van der Waals surface area contributed by atoms with Gasteiger partial charge in [0, 0.05) is 29.1 Å². The summed E-state index contributed by atoms with van der Waals surface area (Å²) in [6, 6.07) is 5.44. The first-order valence-corrected chi connectivity index (χ1v) is 6.99. The van der Waals surface area contributed by atoms with E-state index in [0.717, 1.165) is 23.2 Å². The highest BCUT2D eigenvalue weighted by Gasteiger charge is 2.21. The average molecular weight is 298 g/mol. The number of aromatic nitrogens is 2. The third-order valence-electron chi connectivity index (χ3n) is 3.40. The van der Waals surface area contributed by atoms with Crippen LogP contribution in [0.1, 0.15) is 31.9 Å². The van der Waals surface area contributed by atoms with Gasteiger partial charge in [0.2, 0.25) is 0 Å². The van der Waals surface area contributed by atoms with Crippen LogP contribution in [0.25, 0.3) is 11.1 Å². The van der Waals surface area contributed by atoms with Gasteiger partial charge in [-0.3, -0.25) is 4.68 Å². The molecular formula is C14H17Cl2N3. The highest BCUT2D eigenvalue weighted by molar-refractivity contribution is 6.36. The second-order valence-corrected chi connectivity index (χ2v) is 5.55. The Kier molecular flexibility index (Phi) is 4.07. The second kappa shape index (κ2) is 5.43. The van der Waals surface area contributed by atoms with Crippen molar-refractivity contribution >= 4 is 29.0 Å². The maximum atomic E-state index is 6.29. The lowest BCUT2D eigenvalue weighted by Crippen LogP contribution is -1.98. The van der Waals surface area contributed by atoms with Crippen molar-refractivity contribution < 1.29 is 0 Å². The monoisotopic (exact) mass is 297 g/mol. The van der Waals surface area contributed by atoms with Gasteiger partial charge in [0.25, 0.3) is 0 Å². The molecule has 0 radical (unpaired) electrons. The topological polar surface area (TPSA) is 43.8 Å². The molecule has 0 aliphatic carbocycles. The molecule has 3 nitrogen and oxygen atoms in total. The van der Waals surface area contributed by atoms with Crippen molar-refractivity contribution in [3.63, 3.8) is 0 Å². The Labute approximate surface area is 123 Å². The maximum Gasteiger partial charge on any atom is 0.129 e. The second-order valence-electron chi connectivity index (χ2n) is 4.70. The number of halogens is 2. The minimum atomic E-state index is 0.324. The Morgan fingerprint density at radius 1 is 1.37 bits per heavy atom. The number of nitrogens with zero attached hydrogens (tertiary/aromatic N) is 2. The van der Waals surface area contributed by atoms with Crippen molar-refractivity contribution in [3.8, 4) is 11.1 Å². The summed E-state index contributed by atoms with van der Waals surface area (Å²) in [5, 5.41) is 5.73. The molecule has 1 unspecified atom stereocenters. The molecule has 0 aliphatic heterocycles. The molecule has 102 valence electrons. The normalized spacial score (nSPS) is 12.7. The van der Waals surface area contributed by atoms with Gasteiger partial charge in [0.15, 0.2) is 0 Å². The highest BCUT2D eigenvalue weighted by Crippen LogP contribution is 2.39. The molecule has 2 aromatic rings. The predicted octanol–water partition coefficient (Wildman–Crippen LogP) is 4.49. The van der Waals surface area contributed by atoms with E-state index in [2.05, 4.69) is 18.9 Å². The molecule has 5 heteroatoms. The summed E-state index contributed by atoms with van der Waals surface area (Å²) in [7, 11) is 1.84. The highest BCUT2D eigenvalue weighted by atomic mass is 35.5. The van der Waals surface area contributed by atoms with E-state index in [9.17, 15) is 0 Å². The summed E-state index contributed by atoms with van der Waals surface area (Å²) in [4.78, 5) is 0. The minimum Gasteiger partial charge on any atom is -0.383 e. The average Bonchev–Trinajstić information content (AvgIpc) is 2.66. The van der Waals surface area contributed by atoms with Gasteiger partial charge in [-0.05, 0) is 18.6 Å². The van der Waals surface area contributed by atoms with Crippen LogP contribution in [-0.4, -0.2) is 9.78 Å². The molecule has 1 atom stereocenters. The van der Waals surface area contributed by atoms with E-state index in [1.54, 1.807) is 10.7 Å². The van der Waals surface area contributed by atoms with Gasteiger partial charge in [-0.1, -0.05) is 43.1 Å². The van der Waals surface area contributed by atoms with E-state index >= 15 is 0 Å². The van der Waals surface area contributed by atoms with Crippen LogP contribution in [0.5, 0.6) is 0 Å². The first kappa shape index (κ1) is 14.2. The SMILES string of the molecule is CCC(C)c1nn(C)c(N)c1-c1ccc(Cl)cc1Cl. The van der Waals surface area contributed by atoms with Crippen molar-refractivity contribution in [2.24, 2.45) is 7.05 Å². The third kappa shape index (κ3) is 2.58. The van der Waals surface area contributed by atoms with Crippen molar-refractivity contribution in [1.29, 1.82) is 0 Å². The number of anilines is 1. The van der Waals surface area contributed by atoms with Crippen LogP contribution in [0.4, 0.5) is 5.82 Å². The van der Waals surface area contributed by atoms with Gasteiger partial charge >= 0.3 is 0 Å². The minimum absolute atomic E-state index is 0.324. The quantitative estimate of drug-likeness (QED) is 0.907. The van der Waals surface area contributed by atoms with Gasteiger partial charge in [-0.25, -0.2) is 0 Å². The summed E-state index contributed by atoms with van der Waals surface area (Å²) >= 11 is 12.2. The van der Waals surface area contributed by atoms with Crippen LogP contribution < -0.4 is 5.73 Å². The molecule has 0 bridgehead atoms. The number of rotatable bonds is 3. The van der Waals surface area contributed by atoms with Crippen molar-refractivity contribution in [3.05, 3.63) is 33.9 Å². The Bertz CT molecular complexity index is 605. The molecule has 19 heavy (non-hydrogen) atoms. The molecule has 0 fully saturated rings. The Hall–Kier alpha value is -1.19. The molecule has 1 heterocycles.